The number of nitrogens with one attached hydrogen (secondary N) is 1. The molecule has 4 rings (SSSR count). The molecular weight excluding hydrogens is 366 g/mol. The van der Waals surface area contributed by atoms with Gasteiger partial charge in [-0.1, -0.05) is 29.8 Å². The number of aryl methyl sites for hydroxylation is 1. The molecule has 1 N–H and O–H groups in total. The van der Waals surface area contributed by atoms with E-state index in [1.54, 1.807) is 19.3 Å². The summed E-state index contributed by atoms with van der Waals surface area (Å²) in [6.07, 6.45) is 3.82. The van der Waals surface area contributed by atoms with E-state index in [1.807, 2.05) is 4.90 Å². The number of amides is 2. The Kier molecular flexibility index (Phi) is 5.41. The topological polar surface area (TPSA) is 70.5 Å². The summed E-state index contributed by atoms with van der Waals surface area (Å²) in [5, 5.41) is 6.65. The summed E-state index contributed by atoms with van der Waals surface area (Å²) in [4.78, 5) is 28.8. The van der Waals surface area contributed by atoms with Crippen LogP contribution in [0, 0.1) is 18.8 Å². The SMILES string of the molecule is CNC(=O)c1ccn(C(=O)N2C[C@H]3C[C@@H](N(C)Cc4ccc(C)cc4)C[C@H]3C2)n1. The first-order valence-corrected chi connectivity index (χ1v) is 10.3. The first kappa shape index (κ1) is 19.6. The second-order valence-corrected chi connectivity index (χ2v) is 8.46. The highest BCUT2D eigenvalue weighted by Gasteiger charge is 2.43. The maximum Gasteiger partial charge on any atom is 0.344 e. The second-order valence-electron chi connectivity index (χ2n) is 8.46. The molecule has 7 nitrogen and oxygen atoms in total. The molecule has 2 aliphatic rings. The smallest absolute Gasteiger partial charge is 0.344 e. The van der Waals surface area contributed by atoms with E-state index in [4.69, 9.17) is 0 Å². The molecule has 1 aliphatic carbocycles. The highest BCUT2D eigenvalue weighted by molar-refractivity contribution is 5.92. The van der Waals surface area contributed by atoms with Crippen LogP contribution in [0.3, 0.4) is 0 Å². The number of carbonyl (C=O) groups excluding carboxylic acids is 2. The molecule has 2 aromatic rings. The summed E-state index contributed by atoms with van der Waals surface area (Å²) in [7, 11) is 3.76. The lowest BCUT2D eigenvalue weighted by Crippen LogP contribution is -2.36. The Morgan fingerprint density at radius 3 is 2.41 bits per heavy atom. The lowest BCUT2D eigenvalue weighted by atomic mass is 10.0. The molecule has 0 spiro atoms. The average molecular weight is 396 g/mol. The first-order chi connectivity index (χ1) is 13.9. The number of carbonyl (C=O) groups is 2. The Balaban J connectivity index is 1.32. The molecule has 1 aromatic carbocycles. The number of fused-ring (bicyclic) bond motifs is 1. The molecule has 2 amide bonds. The summed E-state index contributed by atoms with van der Waals surface area (Å²) in [5.74, 6) is 0.797. The fourth-order valence-electron chi connectivity index (χ4n) is 4.72. The van der Waals surface area contributed by atoms with E-state index in [1.165, 1.54) is 15.8 Å². The molecule has 3 atom stereocenters. The number of benzene rings is 1. The third-order valence-electron chi connectivity index (χ3n) is 6.42. The van der Waals surface area contributed by atoms with Crippen molar-refractivity contribution in [3.63, 3.8) is 0 Å². The molecular formula is C22H29N5O2. The van der Waals surface area contributed by atoms with Crippen molar-refractivity contribution >= 4 is 11.9 Å². The molecule has 1 saturated heterocycles. The maximum absolute atomic E-state index is 12.8. The van der Waals surface area contributed by atoms with Gasteiger partial charge >= 0.3 is 6.03 Å². The van der Waals surface area contributed by atoms with Gasteiger partial charge in [0.1, 0.15) is 0 Å². The zero-order valence-electron chi connectivity index (χ0n) is 17.3. The molecule has 2 fully saturated rings. The fourth-order valence-corrected chi connectivity index (χ4v) is 4.72. The van der Waals surface area contributed by atoms with Crippen molar-refractivity contribution in [3.05, 3.63) is 53.3 Å². The van der Waals surface area contributed by atoms with Crippen molar-refractivity contribution in [2.45, 2.75) is 32.4 Å². The van der Waals surface area contributed by atoms with Crippen LogP contribution in [-0.2, 0) is 6.54 Å². The number of rotatable bonds is 4. The van der Waals surface area contributed by atoms with Gasteiger partial charge in [0.25, 0.3) is 5.91 Å². The summed E-state index contributed by atoms with van der Waals surface area (Å²) in [6, 6.07) is 10.7. The van der Waals surface area contributed by atoms with Crippen LogP contribution in [0.1, 0.15) is 34.5 Å². The Morgan fingerprint density at radius 1 is 1.14 bits per heavy atom. The van der Waals surface area contributed by atoms with Gasteiger partial charge in [-0.05, 0) is 50.3 Å². The first-order valence-electron chi connectivity index (χ1n) is 10.3. The van der Waals surface area contributed by atoms with Gasteiger partial charge in [0.15, 0.2) is 5.69 Å². The van der Waals surface area contributed by atoms with E-state index in [9.17, 15) is 9.59 Å². The molecule has 1 saturated carbocycles. The van der Waals surface area contributed by atoms with Gasteiger partial charge in [-0.25, -0.2) is 4.79 Å². The largest absolute Gasteiger partial charge is 0.354 e. The zero-order chi connectivity index (χ0) is 20.5. The summed E-state index contributed by atoms with van der Waals surface area (Å²) < 4.78 is 1.28. The molecule has 29 heavy (non-hydrogen) atoms. The molecule has 2 heterocycles. The number of hydrogen-bond acceptors (Lipinski definition) is 4. The van der Waals surface area contributed by atoms with Crippen molar-refractivity contribution in [2.75, 3.05) is 27.2 Å². The molecule has 0 bridgehead atoms. The number of hydrogen-bond donors (Lipinski definition) is 1. The lowest BCUT2D eigenvalue weighted by molar-refractivity contribution is 0.0957. The van der Waals surface area contributed by atoms with Crippen LogP contribution < -0.4 is 5.32 Å². The number of nitrogens with zero attached hydrogens (tertiary/aromatic N) is 4. The Bertz CT molecular complexity index is 877. The van der Waals surface area contributed by atoms with Crippen LogP contribution in [0.4, 0.5) is 4.79 Å². The molecule has 0 radical (unpaired) electrons. The van der Waals surface area contributed by atoms with E-state index < -0.39 is 0 Å². The summed E-state index contributed by atoms with van der Waals surface area (Å²) in [5.41, 5.74) is 2.90. The Labute approximate surface area is 171 Å². The van der Waals surface area contributed by atoms with E-state index in [0.717, 1.165) is 32.5 Å². The molecule has 1 aromatic heterocycles. The third kappa shape index (κ3) is 4.05. The van der Waals surface area contributed by atoms with Crippen LogP contribution in [0.5, 0.6) is 0 Å². The Hall–Kier alpha value is -2.67. The van der Waals surface area contributed by atoms with Crippen LogP contribution in [0.2, 0.25) is 0 Å². The highest BCUT2D eigenvalue weighted by atomic mass is 16.2. The number of likely N-dealkylation sites (tertiary alicyclic amines) is 1. The zero-order valence-corrected chi connectivity index (χ0v) is 17.3. The predicted molar refractivity (Wildman–Crippen MR) is 111 cm³/mol. The van der Waals surface area contributed by atoms with E-state index in [2.05, 4.69) is 53.6 Å². The van der Waals surface area contributed by atoms with E-state index in [0.29, 0.717) is 17.9 Å². The van der Waals surface area contributed by atoms with Crippen molar-refractivity contribution in [3.8, 4) is 0 Å². The minimum absolute atomic E-state index is 0.140. The molecule has 0 unspecified atom stereocenters. The van der Waals surface area contributed by atoms with Gasteiger partial charge in [0.2, 0.25) is 0 Å². The van der Waals surface area contributed by atoms with Crippen LogP contribution in [0.15, 0.2) is 36.5 Å². The van der Waals surface area contributed by atoms with Gasteiger partial charge in [-0.2, -0.15) is 9.78 Å². The van der Waals surface area contributed by atoms with E-state index in [-0.39, 0.29) is 17.6 Å². The van der Waals surface area contributed by atoms with Crippen LogP contribution in [0.25, 0.3) is 0 Å². The second kappa shape index (κ2) is 7.99. The van der Waals surface area contributed by atoms with Crippen molar-refractivity contribution < 1.29 is 9.59 Å². The fraction of sp³-hybridized carbons (Fsp3) is 0.500. The van der Waals surface area contributed by atoms with Gasteiger partial charge in [0.05, 0.1) is 0 Å². The molecule has 7 heteroatoms. The van der Waals surface area contributed by atoms with Gasteiger partial charge in [0, 0.05) is 38.9 Å². The highest BCUT2D eigenvalue weighted by Crippen LogP contribution is 2.40. The van der Waals surface area contributed by atoms with Gasteiger partial charge in [-0.3, -0.25) is 9.69 Å². The minimum atomic E-state index is -0.283. The lowest BCUT2D eigenvalue weighted by Gasteiger charge is -2.26. The minimum Gasteiger partial charge on any atom is -0.354 e. The quantitative estimate of drug-likeness (QED) is 0.863. The summed E-state index contributed by atoms with van der Waals surface area (Å²) in [6.45, 7) is 4.62. The normalized spacial score (nSPS) is 23.4. The van der Waals surface area contributed by atoms with Crippen molar-refractivity contribution in [1.82, 2.24) is 24.9 Å². The van der Waals surface area contributed by atoms with E-state index >= 15 is 0 Å². The molecule has 1 aliphatic heterocycles. The van der Waals surface area contributed by atoms with Crippen LogP contribution >= 0.6 is 0 Å². The summed E-state index contributed by atoms with van der Waals surface area (Å²) >= 11 is 0. The van der Waals surface area contributed by atoms with Crippen molar-refractivity contribution in [2.24, 2.45) is 11.8 Å². The maximum atomic E-state index is 12.8. The Morgan fingerprint density at radius 2 is 1.79 bits per heavy atom. The third-order valence-corrected chi connectivity index (χ3v) is 6.42. The van der Waals surface area contributed by atoms with Crippen molar-refractivity contribution in [1.29, 1.82) is 0 Å². The number of aromatic nitrogens is 2. The monoisotopic (exact) mass is 395 g/mol. The average Bonchev–Trinajstić information content (AvgIpc) is 3.43. The molecule has 154 valence electrons. The standard InChI is InChI=1S/C22H29N5O2/c1-15-4-6-16(7-5-15)12-25(3)19-10-17-13-26(14-18(17)11-19)22(29)27-9-8-20(24-27)21(28)23-2/h4-9,17-19H,10-14H2,1-3H3,(H,23,28)/t17-,18+,19-. The van der Waals surface area contributed by atoms with Gasteiger partial charge < -0.3 is 10.2 Å². The van der Waals surface area contributed by atoms with Crippen LogP contribution in [-0.4, -0.2) is 64.7 Å². The van der Waals surface area contributed by atoms with Gasteiger partial charge in [-0.15, -0.1) is 0 Å². The predicted octanol–water partition coefficient (Wildman–Crippen LogP) is 2.36.